The molecule has 1 saturated heterocycles. The van der Waals surface area contributed by atoms with Crippen LogP contribution >= 0.6 is 0 Å². The molecular formula is C9H19NO6. The smallest absolute Gasteiger partial charge is 0.176 e. The Hall–Kier alpha value is -0.280. The van der Waals surface area contributed by atoms with Crippen LogP contribution < -0.4 is 5.32 Å². The first kappa shape index (κ1) is 13.8. The van der Waals surface area contributed by atoms with Gasteiger partial charge in [0.25, 0.3) is 0 Å². The Balaban J connectivity index is 2.65. The van der Waals surface area contributed by atoms with Crippen molar-refractivity contribution in [1.29, 1.82) is 0 Å². The SMILES string of the molecule is CNC1C(OCCO)OC(CO)C(O)C1O. The highest BCUT2D eigenvalue weighted by Crippen LogP contribution is 2.21. The van der Waals surface area contributed by atoms with Gasteiger partial charge in [0.05, 0.1) is 25.9 Å². The van der Waals surface area contributed by atoms with Crippen LogP contribution in [0.3, 0.4) is 0 Å². The lowest BCUT2D eigenvalue weighted by atomic mass is 9.97. The van der Waals surface area contributed by atoms with E-state index in [1.54, 1.807) is 7.05 Å². The third-order valence-corrected chi connectivity index (χ3v) is 2.59. The molecule has 5 atom stereocenters. The summed E-state index contributed by atoms with van der Waals surface area (Å²) in [6.07, 6.45) is -3.97. The standard InChI is InChI=1S/C9H19NO6/c1-10-6-8(14)7(13)5(4-12)16-9(6)15-3-2-11/h5-14H,2-4H2,1H3. The van der Waals surface area contributed by atoms with Gasteiger partial charge in [0.15, 0.2) is 6.29 Å². The first-order chi connectivity index (χ1) is 7.65. The van der Waals surface area contributed by atoms with Crippen LogP contribution in [0, 0.1) is 0 Å². The van der Waals surface area contributed by atoms with Gasteiger partial charge in [-0.25, -0.2) is 0 Å². The number of nitrogens with one attached hydrogen (secondary N) is 1. The van der Waals surface area contributed by atoms with E-state index < -0.39 is 37.3 Å². The zero-order valence-electron chi connectivity index (χ0n) is 9.11. The Morgan fingerprint density at radius 3 is 2.44 bits per heavy atom. The van der Waals surface area contributed by atoms with Crippen LogP contribution in [-0.2, 0) is 9.47 Å². The van der Waals surface area contributed by atoms with Crippen molar-refractivity contribution in [3.05, 3.63) is 0 Å². The van der Waals surface area contributed by atoms with E-state index in [-0.39, 0.29) is 13.2 Å². The van der Waals surface area contributed by atoms with Gasteiger partial charge in [0.1, 0.15) is 18.3 Å². The highest BCUT2D eigenvalue weighted by molar-refractivity contribution is 4.92. The molecule has 1 fully saturated rings. The van der Waals surface area contributed by atoms with Crippen molar-refractivity contribution in [2.75, 3.05) is 26.9 Å². The Labute approximate surface area is 93.6 Å². The molecule has 0 aromatic heterocycles. The van der Waals surface area contributed by atoms with E-state index in [1.165, 1.54) is 0 Å². The van der Waals surface area contributed by atoms with Crippen molar-refractivity contribution in [2.45, 2.75) is 30.6 Å². The van der Waals surface area contributed by atoms with Gasteiger partial charge in [-0.05, 0) is 7.05 Å². The lowest BCUT2D eigenvalue weighted by Gasteiger charge is -2.41. The summed E-state index contributed by atoms with van der Waals surface area (Å²) in [6.45, 7) is -0.518. The highest BCUT2D eigenvalue weighted by Gasteiger charge is 2.43. The molecule has 0 spiro atoms. The maximum absolute atomic E-state index is 9.76. The first-order valence-corrected chi connectivity index (χ1v) is 5.17. The summed E-state index contributed by atoms with van der Waals surface area (Å²) in [7, 11) is 1.60. The summed E-state index contributed by atoms with van der Waals surface area (Å²) in [5.41, 5.74) is 0. The molecule has 0 saturated carbocycles. The zero-order valence-corrected chi connectivity index (χ0v) is 9.11. The molecule has 1 heterocycles. The second-order valence-corrected chi connectivity index (χ2v) is 3.62. The monoisotopic (exact) mass is 237 g/mol. The Morgan fingerprint density at radius 2 is 1.94 bits per heavy atom. The maximum Gasteiger partial charge on any atom is 0.176 e. The summed E-state index contributed by atoms with van der Waals surface area (Å²) in [5.74, 6) is 0. The van der Waals surface area contributed by atoms with Crippen molar-refractivity contribution in [1.82, 2.24) is 5.32 Å². The molecule has 1 aliphatic heterocycles. The van der Waals surface area contributed by atoms with E-state index in [9.17, 15) is 10.2 Å². The number of hydrogen-bond acceptors (Lipinski definition) is 7. The average molecular weight is 237 g/mol. The first-order valence-electron chi connectivity index (χ1n) is 5.17. The van der Waals surface area contributed by atoms with E-state index in [2.05, 4.69) is 5.32 Å². The van der Waals surface area contributed by atoms with Crippen molar-refractivity contribution in [3.63, 3.8) is 0 Å². The van der Waals surface area contributed by atoms with Crippen molar-refractivity contribution < 1.29 is 29.9 Å². The minimum Gasteiger partial charge on any atom is -0.394 e. The van der Waals surface area contributed by atoms with Gasteiger partial charge in [-0.1, -0.05) is 0 Å². The Kier molecular flexibility index (Phi) is 5.56. The number of ether oxygens (including phenoxy) is 2. The number of aliphatic hydroxyl groups excluding tert-OH is 4. The second-order valence-electron chi connectivity index (χ2n) is 3.62. The van der Waals surface area contributed by atoms with Gasteiger partial charge in [-0.15, -0.1) is 0 Å². The van der Waals surface area contributed by atoms with Crippen LogP contribution in [0.4, 0.5) is 0 Å². The van der Waals surface area contributed by atoms with Crippen molar-refractivity contribution in [2.24, 2.45) is 0 Å². The zero-order chi connectivity index (χ0) is 12.1. The minimum atomic E-state index is -1.17. The molecule has 1 aliphatic rings. The summed E-state index contributed by atoms with van der Waals surface area (Å²) >= 11 is 0. The van der Waals surface area contributed by atoms with E-state index >= 15 is 0 Å². The maximum atomic E-state index is 9.76. The lowest BCUT2D eigenvalue weighted by Crippen LogP contribution is -2.63. The fraction of sp³-hybridized carbons (Fsp3) is 1.00. The Bertz CT molecular complexity index is 204. The summed E-state index contributed by atoms with van der Waals surface area (Å²) in [6, 6.07) is -0.607. The normalized spacial score (nSPS) is 39.9. The molecule has 0 amide bonds. The number of hydrogen-bond donors (Lipinski definition) is 5. The van der Waals surface area contributed by atoms with E-state index in [4.69, 9.17) is 19.7 Å². The van der Waals surface area contributed by atoms with Gasteiger partial charge < -0.3 is 35.2 Å². The highest BCUT2D eigenvalue weighted by atomic mass is 16.7. The molecule has 5 N–H and O–H groups in total. The third-order valence-electron chi connectivity index (χ3n) is 2.59. The van der Waals surface area contributed by atoms with Crippen LogP contribution in [0.25, 0.3) is 0 Å². The van der Waals surface area contributed by atoms with Crippen LogP contribution in [0.1, 0.15) is 0 Å². The number of likely N-dealkylation sites (N-methyl/N-ethyl adjacent to an activating group) is 1. The molecule has 96 valence electrons. The minimum absolute atomic E-state index is 0.0593. The quantitative estimate of drug-likeness (QED) is 0.347. The van der Waals surface area contributed by atoms with Gasteiger partial charge in [0, 0.05) is 0 Å². The molecule has 5 unspecified atom stereocenters. The molecule has 1 rings (SSSR count). The predicted octanol–water partition coefficient (Wildman–Crippen LogP) is -2.98. The van der Waals surface area contributed by atoms with Crippen molar-refractivity contribution >= 4 is 0 Å². The van der Waals surface area contributed by atoms with Gasteiger partial charge in [-0.3, -0.25) is 0 Å². The van der Waals surface area contributed by atoms with E-state index in [0.717, 1.165) is 0 Å². The third kappa shape index (κ3) is 2.89. The molecule has 0 bridgehead atoms. The fourth-order valence-corrected chi connectivity index (χ4v) is 1.70. The van der Waals surface area contributed by atoms with Crippen LogP contribution in [0.5, 0.6) is 0 Å². The summed E-state index contributed by atoms with van der Waals surface area (Å²) < 4.78 is 10.4. The molecule has 0 aromatic carbocycles. The van der Waals surface area contributed by atoms with Crippen molar-refractivity contribution in [3.8, 4) is 0 Å². The molecule has 0 aromatic rings. The fourth-order valence-electron chi connectivity index (χ4n) is 1.70. The van der Waals surface area contributed by atoms with Crippen LogP contribution in [0.2, 0.25) is 0 Å². The average Bonchev–Trinajstić information content (AvgIpc) is 2.30. The van der Waals surface area contributed by atoms with Gasteiger partial charge in [0.2, 0.25) is 0 Å². The largest absolute Gasteiger partial charge is 0.394 e. The summed E-state index contributed by atoms with van der Waals surface area (Å²) in [5, 5.41) is 39.7. The predicted molar refractivity (Wildman–Crippen MR) is 53.6 cm³/mol. The number of rotatable bonds is 5. The van der Waals surface area contributed by atoms with Gasteiger partial charge in [-0.2, -0.15) is 0 Å². The van der Waals surface area contributed by atoms with E-state index in [0.29, 0.717) is 0 Å². The van der Waals surface area contributed by atoms with Crippen LogP contribution in [-0.4, -0.2) is 77.9 Å². The lowest BCUT2D eigenvalue weighted by molar-refractivity contribution is -0.271. The Morgan fingerprint density at radius 1 is 1.25 bits per heavy atom. The summed E-state index contributed by atoms with van der Waals surface area (Å²) in [4.78, 5) is 0. The molecule has 7 heteroatoms. The van der Waals surface area contributed by atoms with Crippen LogP contribution in [0.15, 0.2) is 0 Å². The molecule has 16 heavy (non-hydrogen) atoms. The molecule has 7 nitrogen and oxygen atoms in total. The topological polar surface area (TPSA) is 111 Å². The van der Waals surface area contributed by atoms with E-state index in [1.807, 2.05) is 0 Å². The molecule has 0 aliphatic carbocycles. The van der Waals surface area contributed by atoms with Gasteiger partial charge >= 0.3 is 0 Å². The second kappa shape index (κ2) is 6.45. The number of aliphatic hydroxyl groups is 4. The molecular weight excluding hydrogens is 218 g/mol. The molecule has 0 radical (unpaired) electrons.